The molecular formula is C11H21ClN2O2S. The molecule has 0 aromatic rings. The third kappa shape index (κ3) is 3.34. The second-order valence-electron chi connectivity index (χ2n) is 5.20. The van der Waals surface area contributed by atoms with E-state index in [1.165, 1.54) is 19.3 Å². The smallest absolute Gasteiger partial charge is 0.213 e. The van der Waals surface area contributed by atoms with Gasteiger partial charge in [-0.3, -0.25) is 0 Å². The Kier molecular flexibility index (Phi) is 4.34. The van der Waals surface area contributed by atoms with Gasteiger partial charge in [-0.05, 0) is 32.7 Å². The Labute approximate surface area is 109 Å². The minimum atomic E-state index is -3.18. The lowest BCUT2D eigenvalue weighted by atomic mass is 9.83. The van der Waals surface area contributed by atoms with Crippen molar-refractivity contribution in [2.24, 2.45) is 0 Å². The number of rotatable bonds is 4. The molecule has 2 rings (SSSR count). The van der Waals surface area contributed by atoms with Gasteiger partial charge in [-0.1, -0.05) is 6.42 Å². The molecule has 0 aliphatic carbocycles. The van der Waals surface area contributed by atoms with E-state index < -0.39 is 10.0 Å². The van der Waals surface area contributed by atoms with E-state index in [0.29, 0.717) is 12.1 Å². The number of halogens is 1. The second kappa shape index (κ2) is 5.43. The Bertz CT molecular complexity index is 346. The van der Waals surface area contributed by atoms with Crippen LogP contribution in [0.25, 0.3) is 0 Å². The van der Waals surface area contributed by atoms with Gasteiger partial charge in [0, 0.05) is 24.0 Å². The van der Waals surface area contributed by atoms with Gasteiger partial charge in [0.2, 0.25) is 10.0 Å². The van der Waals surface area contributed by atoms with Crippen LogP contribution in [0.15, 0.2) is 0 Å². The average molecular weight is 281 g/mol. The minimum absolute atomic E-state index is 0.0240. The maximum absolute atomic E-state index is 11.7. The lowest BCUT2D eigenvalue weighted by Crippen LogP contribution is -2.55. The SMILES string of the molecule is CN1C2CCCC1CC(NS(=O)(=O)CCCl)C2. The van der Waals surface area contributed by atoms with E-state index in [2.05, 4.69) is 16.7 Å². The third-order valence-corrected chi connectivity index (χ3v) is 5.88. The molecule has 0 aromatic heterocycles. The summed E-state index contributed by atoms with van der Waals surface area (Å²) in [6, 6.07) is 1.20. The highest BCUT2D eigenvalue weighted by atomic mass is 35.5. The van der Waals surface area contributed by atoms with E-state index in [9.17, 15) is 8.42 Å². The summed E-state index contributed by atoms with van der Waals surface area (Å²) >= 11 is 5.50. The van der Waals surface area contributed by atoms with Gasteiger partial charge < -0.3 is 4.90 Å². The molecule has 6 heteroatoms. The second-order valence-corrected chi connectivity index (χ2v) is 7.45. The summed E-state index contributed by atoms with van der Waals surface area (Å²) in [7, 11) is -1.02. The van der Waals surface area contributed by atoms with Crippen LogP contribution in [0.4, 0.5) is 0 Å². The molecule has 0 radical (unpaired) electrons. The van der Waals surface area contributed by atoms with Crippen molar-refractivity contribution in [3.63, 3.8) is 0 Å². The molecule has 2 heterocycles. The normalized spacial score (nSPS) is 34.8. The van der Waals surface area contributed by atoms with E-state index in [4.69, 9.17) is 11.6 Å². The van der Waals surface area contributed by atoms with E-state index >= 15 is 0 Å². The Balaban J connectivity index is 1.96. The van der Waals surface area contributed by atoms with Gasteiger partial charge in [0.15, 0.2) is 0 Å². The van der Waals surface area contributed by atoms with Crippen LogP contribution in [0, 0.1) is 0 Å². The molecular weight excluding hydrogens is 260 g/mol. The molecule has 0 spiro atoms. The van der Waals surface area contributed by atoms with Crippen molar-refractivity contribution in [3.05, 3.63) is 0 Å². The number of fused-ring (bicyclic) bond motifs is 2. The molecule has 100 valence electrons. The van der Waals surface area contributed by atoms with Crippen molar-refractivity contribution in [1.82, 2.24) is 9.62 Å². The lowest BCUT2D eigenvalue weighted by molar-refractivity contribution is 0.0536. The minimum Gasteiger partial charge on any atom is -0.300 e. The number of nitrogens with zero attached hydrogens (tertiary/aromatic N) is 1. The Morgan fingerprint density at radius 1 is 1.29 bits per heavy atom. The van der Waals surface area contributed by atoms with Crippen molar-refractivity contribution in [1.29, 1.82) is 0 Å². The number of nitrogens with one attached hydrogen (secondary N) is 1. The van der Waals surface area contributed by atoms with Crippen molar-refractivity contribution in [2.45, 2.75) is 50.2 Å². The van der Waals surface area contributed by atoms with Gasteiger partial charge in [-0.2, -0.15) is 0 Å². The van der Waals surface area contributed by atoms with Crippen LogP contribution in [0.5, 0.6) is 0 Å². The van der Waals surface area contributed by atoms with Crippen LogP contribution >= 0.6 is 11.6 Å². The fraction of sp³-hybridized carbons (Fsp3) is 1.00. The predicted molar refractivity (Wildman–Crippen MR) is 69.9 cm³/mol. The van der Waals surface area contributed by atoms with Gasteiger partial charge in [0.05, 0.1) is 5.75 Å². The topological polar surface area (TPSA) is 49.4 Å². The highest BCUT2D eigenvalue weighted by Gasteiger charge is 2.37. The van der Waals surface area contributed by atoms with E-state index in [1.807, 2.05) is 0 Å². The summed E-state index contributed by atoms with van der Waals surface area (Å²) in [5.41, 5.74) is 0. The molecule has 1 N–H and O–H groups in total. The summed E-state index contributed by atoms with van der Waals surface area (Å²) in [5.74, 6) is 0.186. The fourth-order valence-corrected chi connectivity index (χ4v) is 4.76. The van der Waals surface area contributed by atoms with Crippen molar-refractivity contribution < 1.29 is 8.42 Å². The monoisotopic (exact) mass is 280 g/mol. The first kappa shape index (κ1) is 13.6. The predicted octanol–water partition coefficient (Wildman–Crippen LogP) is 1.16. The third-order valence-electron chi connectivity index (χ3n) is 4.03. The summed E-state index contributed by atoms with van der Waals surface area (Å²) in [5, 5.41) is 0. The molecule has 2 unspecified atom stereocenters. The molecule has 0 amide bonds. The molecule has 2 fully saturated rings. The molecule has 2 bridgehead atoms. The highest BCUT2D eigenvalue weighted by Crippen LogP contribution is 2.32. The summed E-state index contributed by atoms with van der Waals surface area (Å²) in [4.78, 5) is 2.43. The standard InChI is InChI=1S/C11H21ClN2O2S/c1-14-10-3-2-4-11(14)8-9(7-10)13-17(15,16)6-5-12/h9-11,13H,2-8H2,1H3. The van der Waals surface area contributed by atoms with Crippen LogP contribution in [0.2, 0.25) is 0 Å². The molecule has 2 aliphatic heterocycles. The lowest BCUT2D eigenvalue weighted by Gasteiger charge is -2.47. The maximum Gasteiger partial charge on any atom is 0.213 e. The van der Waals surface area contributed by atoms with E-state index in [1.54, 1.807) is 0 Å². The number of piperidine rings is 2. The van der Waals surface area contributed by atoms with Crippen molar-refractivity contribution in [2.75, 3.05) is 18.7 Å². The first-order valence-electron chi connectivity index (χ1n) is 6.30. The summed E-state index contributed by atoms with van der Waals surface area (Å²) in [6.45, 7) is 0. The van der Waals surface area contributed by atoms with Crippen LogP contribution in [0.3, 0.4) is 0 Å². The summed E-state index contributed by atoms with van der Waals surface area (Å²) < 4.78 is 26.2. The molecule has 0 saturated carbocycles. The van der Waals surface area contributed by atoms with Crippen LogP contribution in [0.1, 0.15) is 32.1 Å². The van der Waals surface area contributed by atoms with Crippen molar-refractivity contribution >= 4 is 21.6 Å². The number of sulfonamides is 1. The number of alkyl halides is 1. The summed E-state index contributed by atoms with van der Waals surface area (Å²) in [6.07, 6.45) is 5.55. The van der Waals surface area contributed by atoms with Crippen LogP contribution < -0.4 is 4.72 Å². The molecule has 2 aliphatic rings. The number of hydrogen-bond acceptors (Lipinski definition) is 3. The van der Waals surface area contributed by atoms with Crippen LogP contribution in [-0.2, 0) is 10.0 Å². The zero-order valence-electron chi connectivity index (χ0n) is 10.2. The van der Waals surface area contributed by atoms with Crippen molar-refractivity contribution in [3.8, 4) is 0 Å². The number of hydrogen-bond donors (Lipinski definition) is 1. The molecule has 2 atom stereocenters. The van der Waals surface area contributed by atoms with Gasteiger partial charge in [-0.25, -0.2) is 13.1 Å². The Morgan fingerprint density at radius 2 is 1.88 bits per heavy atom. The highest BCUT2D eigenvalue weighted by molar-refractivity contribution is 7.89. The molecule has 2 saturated heterocycles. The largest absolute Gasteiger partial charge is 0.300 e. The maximum atomic E-state index is 11.7. The van der Waals surface area contributed by atoms with Gasteiger partial charge in [0.25, 0.3) is 0 Å². The van der Waals surface area contributed by atoms with Gasteiger partial charge in [0.1, 0.15) is 0 Å². The van der Waals surface area contributed by atoms with Gasteiger partial charge in [-0.15, -0.1) is 11.6 Å². The Hall–Kier alpha value is 0.160. The first-order chi connectivity index (χ1) is 8.02. The van der Waals surface area contributed by atoms with E-state index in [-0.39, 0.29) is 17.7 Å². The molecule has 17 heavy (non-hydrogen) atoms. The van der Waals surface area contributed by atoms with Gasteiger partial charge >= 0.3 is 0 Å². The molecule has 4 nitrogen and oxygen atoms in total. The zero-order valence-corrected chi connectivity index (χ0v) is 11.8. The molecule has 0 aromatic carbocycles. The first-order valence-corrected chi connectivity index (χ1v) is 8.48. The zero-order chi connectivity index (χ0) is 12.5. The van der Waals surface area contributed by atoms with E-state index in [0.717, 1.165) is 12.8 Å². The quantitative estimate of drug-likeness (QED) is 0.786. The van der Waals surface area contributed by atoms with Crippen LogP contribution in [-0.4, -0.2) is 50.1 Å². The average Bonchev–Trinajstić information content (AvgIpc) is 2.18. The Morgan fingerprint density at radius 3 is 2.41 bits per heavy atom. The fourth-order valence-electron chi connectivity index (χ4n) is 3.13.